The average Bonchev–Trinajstić information content (AvgIpc) is 2.81. The Kier molecular flexibility index (Phi) is 3.80. The van der Waals surface area contributed by atoms with Gasteiger partial charge in [0.05, 0.1) is 5.56 Å². The number of amides is 1. The van der Waals surface area contributed by atoms with Gasteiger partial charge in [0.25, 0.3) is 5.91 Å². The SMILES string of the molecule is CC1Cc2ccccc2N1c1ncc(C(=O)NC(C)(C)C)cn1. The second kappa shape index (κ2) is 5.65. The van der Waals surface area contributed by atoms with Crippen molar-refractivity contribution in [3.63, 3.8) is 0 Å². The van der Waals surface area contributed by atoms with Crippen molar-refractivity contribution in [1.82, 2.24) is 15.3 Å². The molecule has 0 bridgehead atoms. The molecule has 5 heteroatoms. The third-order valence-electron chi connectivity index (χ3n) is 3.81. The second-order valence-corrected chi connectivity index (χ2v) is 7.03. The summed E-state index contributed by atoms with van der Waals surface area (Å²) in [6, 6.07) is 8.60. The molecule has 0 spiro atoms. The number of hydrogen-bond acceptors (Lipinski definition) is 4. The van der Waals surface area contributed by atoms with Gasteiger partial charge in [-0.1, -0.05) is 18.2 Å². The minimum Gasteiger partial charge on any atom is -0.347 e. The van der Waals surface area contributed by atoms with Crippen LogP contribution in [0.2, 0.25) is 0 Å². The quantitative estimate of drug-likeness (QED) is 0.926. The summed E-state index contributed by atoms with van der Waals surface area (Å²) in [4.78, 5) is 23.1. The van der Waals surface area contributed by atoms with Gasteiger partial charge >= 0.3 is 0 Å². The Morgan fingerprint density at radius 2 is 1.87 bits per heavy atom. The van der Waals surface area contributed by atoms with Crippen molar-refractivity contribution in [2.75, 3.05) is 4.90 Å². The van der Waals surface area contributed by atoms with Gasteiger partial charge in [0.15, 0.2) is 0 Å². The average molecular weight is 310 g/mol. The molecule has 1 atom stereocenters. The number of aromatic nitrogens is 2. The van der Waals surface area contributed by atoms with Crippen LogP contribution in [0.3, 0.4) is 0 Å². The van der Waals surface area contributed by atoms with Crippen molar-refractivity contribution in [1.29, 1.82) is 0 Å². The van der Waals surface area contributed by atoms with Gasteiger partial charge in [-0.25, -0.2) is 9.97 Å². The molecule has 5 nitrogen and oxygen atoms in total. The number of fused-ring (bicyclic) bond motifs is 1. The van der Waals surface area contributed by atoms with Crippen molar-refractivity contribution < 1.29 is 4.79 Å². The molecule has 1 amide bonds. The lowest BCUT2D eigenvalue weighted by Gasteiger charge is -2.23. The monoisotopic (exact) mass is 310 g/mol. The first-order chi connectivity index (χ1) is 10.8. The molecule has 3 rings (SSSR count). The van der Waals surface area contributed by atoms with Crippen LogP contribution < -0.4 is 10.2 Å². The number of rotatable bonds is 2. The van der Waals surface area contributed by atoms with E-state index in [2.05, 4.69) is 45.3 Å². The summed E-state index contributed by atoms with van der Waals surface area (Å²) in [6.07, 6.45) is 4.17. The Balaban J connectivity index is 1.84. The molecule has 1 unspecified atom stereocenters. The van der Waals surface area contributed by atoms with Crippen LogP contribution in [0.25, 0.3) is 0 Å². The van der Waals surface area contributed by atoms with Crippen LogP contribution >= 0.6 is 0 Å². The van der Waals surface area contributed by atoms with Crippen molar-refractivity contribution >= 4 is 17.5 Å². The zero-order valence-electron chi connectivity index (χ0n) is 14.0. The molecule has 2 aromatic rings. The molecule has 1 aromatic carbocycles. The van der Waals surface area contributed by atoms with Gasteiger partial charge in [-0.3, -0.25) is 4.79 Å². The molecular formula is C18H22N4O. The first-order valence-electron chi connectivity index (χ1n) is 7.87. The Labute approximate surface area is 136 Å². The highest BCUT2D eigenvalue weighted by Crippen LogP contribution is 2.36. The molecule has 120 valence electrons. The number of benzene rings is 1. The molecule has 0 fully saturated rings. The Hall–Kier alpha value is -2.43. The normalized spacial score (nSPS) is 17.0. The highest BCUT2D eigenvalue weighted by atomic mass is 16.1. The Bertz CT molecular complexity index is 719. The van der Waals surface area contributed by atoms with Gasteiger partial charge in [0.1, 0.15) is 0 Å². The number of nitrogens with one attached hydrogen (secondary N) is 1. The lowest BCUT2D eigenvalue weighted by atomic mass is 10.1. The van der Waals surface area contributed by atoms with Crippen molar-refractivity contribution in [3.05, 3.63) is 47.8 Å². The van der Waals surface area contributed by atoms with Gasteiger partial charge in [-0.05, 0) is 45.7 Å². The van der Waals surface area contributed by atoms with E-state index in [1.807, 2.05) is 26.8 Å². The van der Waals surface area contributed by atoms with Crippen molar-refractivity contribution in [3.8, 4) is 0 Å². The third-order valence-corrected chi connectivity index (χ3v) is 3.81. The molecule has 23 heavy (non-hydrogen) atoms. The minimum atomic E-state index is -0.280. The molecule has 1 aliphatic heterocycles. The number of nitrogens with zero attached hydrogens (tertiary/aromatic N) is 3. The van der Waals surface area contributed by atoms with Gasteiger partial charge < -0.3 is 10.2 Å². The van der Waals surface area contributed by atoms with Crippen LogP contribution in [-0.2, 0) is 6.42 Å². The van der Waals surface area contributed by atoms with Crippen LogP contribution in [0.4, 0.5) is 11.6 Å². The van der Waals surface area contributed by atoms with E-state index in [-0.39, 0.29) is 11.4 Å². The molecule has 0 saturated heterocycles. The fourth-order valence-electron chi connectivity index (χ4n) is 2.85. The van der Waals surface area contributed by atoms with Crippen LogP contribution in [0.5, 0.6) is 0 Å². The fraction of sp³-hybridized carbons (Fsp3) is 0.389. The van der Waals surface area contributed by atoms with E-state index >= 15 is 0 Å². The summed E-state index contributed by atoms with van der Waals surface area (Å²) in [6.45, 7) is 8.00. The molecule has 0 aliphatic carbocycles. The van der Waals surface area contributed by atoms with Crippen LogP contribution in [0.15, 0.2) is 36.7 Å². The molecule has 1 aromatic heterocycles. The van der Waals surface area contributed by atoms with E-state index in [0.717, 1.165) is 12.1 Å². The summed E-state index contributed by atoms with van der Waals surface area (Å²) in [5.41, 5.74) is 2.65. The topological polar surface area (TPSA) is 58.1 Å². The fourth-order valence-corrected chi connectivity index (χ4v) is 2.85. The molecule has 1 N–H and O–H groups in total. The van der Waals surface area contributed by atoms with E-state index < -0.39 is 0 Å². The van der Waals surface area contributed by atoms with E-state index in [4.69, 9.17) is 0 Å². The van der Waals surface area contributed by atoms with Crippen LogP contribution in [0, 0.1) is 0 Å². The van der Waals surface area contributed by atoms with E-state index in [1.165, 1.54) is 5.56 Å². The van der Waals surface area contributed by atoms with Crippen molar-refractivity contribution in [2.24, 2.45) is 0 Å². The Morgan fingerprint density at radius 1 is 1.22 bits per heavy atom. The number of carbonyl (C=O) groups excluding carboxylic acids is 1. The summed E-state index contributed by atoms with van der Waals surface area (Å²) >= 11 is 0. The lowest BCUT2D eigenvalue weighted by Crippen LogP contribution is -2.40. The molecular weight excluding hydrogens is 288 g/mol. The summed E-state index contributed by atoms with van der Waals surface area (Å²) in [7, 11) is 0. The summed E-state index contributed by atoms with van der Waals surface area (Å²) < 4.78 is 0. The number of hydrogen-bond donors (Lipinski definition) is 1. The van der Waals surface area contributed by atoms with E-state index in [0.29, 0.717) is 17.6 Å². The first kappa shape index (κ1) is 15.5. The molecule has 0 saturated carbocycles. The second-order valence-electron chi connectivity index (χ2n) is 7.03. The van der Waals surface area contributed by atoms with Gasteiger partial charge in [0, 0.05) is 29.7 Å². The maximum absolute atomic E-state index is 12.2. The maximum Gasteiger partial charge on any atom is 0.254 e. The summed E-state index contributed by atoms with van der Waals surface area (Å²) in [5.74, 6) is 0.480. The smallest absolute Gasteiger partial charge is 0.254 e. The summed E-state index contributed by atoms with van der Waals surface area (Å²) in [5, 5.41) is 2.92. The number of anilines is 2. The van der Waals surface area contributed by atoms with Gasteiger partial charge in [-0.15, -0.1) is 0 Å². The predicted octanol–water partition coefficient (Wildman–Crippen LogP) is 3.09. The van der Waals surface area contributed by atoms with E-state index in [9.17, 15) is 4.79 Å². The van der Waals surface area contributed by atoms with Gasteiger partial charge in [-0.2, -0.15) is 0 Å². The van der Waals surface area contributed by atoms with Crippen molar-refractivity contribution in [2.45, 2.75) is 45.7 Å². The maximum atomic E-state index is 12.2. The highest BCUT2D eigenvalue weighted by Gasteiger charge is 2.28. The molecule has 1 aliphatic rings. The zero-order chi connectivity index (χ0) is 16.6. The number of para-hydroxylation sites is 1. The van der Waals surface area contributed by atoms with Crippen LogP contribution in [-0.4, -0.2) is 27.5 Å². The Morgan fingerprint density at radius 3 is 2.52 bits per heavy atom. The highest BCUT2D eigenvalue weighted by molar-refractivity contribution is 5.94. The molecule has 0 radical (unpaired) electrons. The number of carbonyl (C=O) groups is 1. The standard InChI is InChI=1S/C18H22N4O/c1-12-9-13-7-5-6-8-15(13)22(12)17-19-10-14(11-20-17)16(23)21-18(2,3)4/h5-8,10-12H,9H2,1-4H3,(H,21,23). The van der Waals surface area contributed by atoms with Crippen LogP contribution in [0.1, 0.15) is 43.6 Å². The minimum absolute atomic E-state index is 0.154. The largest absolute Gasteiger partial charge is 0.347 e. The third kappa shape index (κ3) is 3.18. The predicted molar refractivity (Wildman–Crippen MR) is 91.0 cm³/mol. The lowest BCUT2D eigenvalue weighted by molar-refractivity contribution is 0.0919. The zero-order valence-corrected chi connectivity index (χ0v) is 14.0. The molecule has 2 heterocycles. The van der Waals surface area contributed by atoms with E-state index in [1.54, 1.807) is 12.4 Å². The first-order valence-corrected chi connectivity index (χ1v) is 7.87. The van der Waals surface area contributed by atoms with Gasteiger partial charge in [0.2, 0.25) is 5.95 Å².